The van der Waals surface area contributed by atoms with Gasteiger partial charge in [0.05, 0.1) is 11.9 Å². The zero-order valence-electron chi connectivity index (χ0n) is 11.1. The molecule has 0 aliphatic heterocycles. The topological polar surface area (TPSA) is 116 Å². The molecule has 2 rings (SSSR count). The molecule has 0 aliphatic carbocycles. The lowest BCUT2D eigenvalue weighted by Crippen LogP contribution is -2.26. The standard InChI is InChI=1S/C13H11ClN4O4/c14-8-1-3-10(4-2-8)22-7-12(20)18-15-6-9-5-11(19)17-13(21)16-9/h1-6H,7H2,(H,18,20)(H2,16,17,19,21)/b15-6+. The molecule has 1 amide bonds. The third-order valence-corrected chi connectivity index (χ3v) is 2.61. The molecule has 114 valence electrons. The first kappa shape index (κ1) is 15.5. The second-order valence-electron chi connectivity index (χ2n) is 4.08. The van der Waals surface area contributed by atoms with Crippen molar-refractivity contribution >= 4 is 23.7 Å². The summed E-state index contributed by atoms with van der Waals surface area (Å²) in [5.74, 6) is -0.0131. The number of aromatic amines is 2. The fourth-order valence-corrected chi connectivity index (χ4v) is 1.57. The number of ether oxygens (including phenoxy) is 1. The monoisotopic (exact) mass is 322 g/mol. The average Bonchev–Trinajstić information content (AvgIpc) is 2.46. The Balaban J connectivity index is 1.84. The molecule has 0 bridgehead atoms. The first-order chi connectivity index (χ1) is 10.5. The predicted octanol–water partition coefficient (Wildman–Crippen LogP) is 0.246. The molecular formula is C13H11ClN4O4. The minimum absolute atomic E-state index is 0.160. The maximum absolute atomic E-state index is 11.5. The van der Waals surface area contributed by atoms with Crippen LogP contribution in [0.3, 0.4) is 0 Å². The number of halogens is 1. The Hall–Kier alpha value is -2.87. The highest BCUT2D eigenvalue weighted by Gasteiger charge is 2.01. The molecule has 2 aromatic rings. The van der Waals surface area contributed by atoms with E-state index in [1.165, 1.54) is 0 Å². The highest BCUT2D eigenvalue weighted by atomic mass is 35.5. The first-order valence-corrected chi connectivity index (χ1v) is 6.44. The number of carbonyl (C=O) groups excluding carboxylic acids is 1. The van der Waals surface area contributed by atoms with E-state index >= 15 is 0 Å². The van der Waals surface area contributed by atoms with Crippen molar-refractivity contribution in [3.05, 3.63) is 61.9 Å². The summed E-state index contributed by atoms with van der Waals surface area (Å²) in [6, 6.07) is 7.65. The van der Waals surface area contributed by atoms with Crippen LogP contribution in [0, 0.1) is 0 Å². The average molecular weight is 323 g/mol. The molecule has 0 saturated carbocycles. The molecule has 3 N–H and O–H groups in total. The van der Waals surface area contributed by atoms with E-state index in [9.17, 15) is 14.4 Å². The number of H-pyrrole nitrogens is 2. The zero-order valence-corrected chi connectivity index (χ0v) is 11.9. The zero-order chi connectivity index (χ0) is 15.9. The summed E-state index contributed by atoms with van der Waals surface area (Å²) in [6.07, 6.45) is 1.14. The molecule has 0 fully saturated rings. The Morgan fingerprint density at radius 1 is 1.27 bits per heavy atom. The number of hydrogen-bond donors (Lipinski definition) is 3. The van der Waals surface area contributed by atoms with E-state index in [4.69, 9.17) is 16.3 Å². The van der Waals surface area contributed by atoms with Gasteiger partial charge in [0.1, 0.15) is 5.75 Å². The molecule has 0 atom stereocenters. The Morgan fingerprint density at radius 3 is 2.68 bits per heavy atom. The Bertz CT molecular complexity index is 766. The smallest absolute Gasteiger partial charge is 0.326 e. The van der Waals surface area contributed by atoms with Gasteiger partial charge in [0.15, 0.2) is 6.61 Å². The molecule has 8 nitrogen and oxygen atoms in total. The van der Waals surface area contributed by atoms with Gasteiger partial charge < -0.3 is 9.72 Å². The van der Waals surface area contributed by atoms with Crippen molar-refractivity contribution in [1.29, 1.82) is 0 Å². The molecule has 0 spiro atoms. The Labute approximate surface area is 128 Å². The number of amides is 1. The van der Waals surface area contributed by atoms with Crippen LogP contribution in [0.1, 0.15) is 5.69 Å². The van der Waals surface area contributed by atoms with E-state index < -0.39 is 17.2 Å². The Kier molecular flexibility index (Phi) is 5.10. The number of hydrazone groups is 1. The van der Waals surface area contributed by atoms with Gasteiger partial charge in [-0.3, -0.25) is 14.6 Å². The van der Waals surface area contributed by atoms with Crippen LogP contribution in [0.25, 0.3) is 0 Å². The second kappa shape index (κ2) is 7.23. The summed E-state index contributed by atoms with van der Waals surface area (Å²) in [7, 11) is 0. The maximum Gasteiger partial charge on any atom is 0.326 e. The predicted molar refractivity (Wildman–Crippen MR) is 80.4 cm³/mol. The summed E-state index contributed by atoms with van der Waals surface area (Å²) < 4.78 is 5.21. The van der Waals surface area contributed by atoms with Gasteiger partial charge in [-0.2, -0.15) is 5.10 Å². The molecular weight excluding hydrogens is 312 g/mol. The lowest BCUT2D eigenvalue weighted by Gasteiger charge is -2.04. The van der Waals surface area contributed by atoms with Crippen molar-refractivity contribution in [2.75, 3.05) is 6.61 Å². The van der Waals surface area contributed by atoms with Crippen LogP contribution in [0.2, 0.25) is 5.02 Å². The van der Waals surface area contributed by atoms with Gasteiger partial charge >= 0.3 is 5.69 Å². The van der Waals surface area contributed by atoms with Crippen LogP contribution in [0.15, 0.2) is 45.0 Å². The van der Waals surface area contributed by atoms with E-state index in [0.717, 1.165) is 12.3 Å². The highest BCUT2D eigenvalue weighted by Crippen LogP contribution is 2.15. The van der Waals surface area contributed by atoms with Gasteiger partial charge in [-0.25, -0.2) is 10.2 Å². The van der Waals surface area contributed by atoms with Crippen LogP contribution in [-0.2, 0) is 4.79 Å². The number of carbonyl (C=O) groups is 1. The van der Waals surface area contributed by atoms with E-state index in [1.807, 2.05) is 4.98 Å². The quantitative estimate of drug-likeness (QED) is 0.540. The lowest BCUT2D eigenvalue weighted by molar-refractivity contribution is -0.123. The van der Waals surface area contributed by atoms with Crippen molar-refractivity contribution in [3.8, 4) is 5.75 Å². The number of nitrogens with zero attached hydrogens (tertiary/aromatic N) is 1. The minimum Gasteiger partial charge on any atom is -0.484 e. The van der Waals surface area contributed by atoms with Crippen LogP contribution >= 0.6 is 11.6 Å². The number of rotatable bonds is 5. The number of benzene rings is 1. The largest absolute Gasteiger partial charge is 0.484 e. The Morgan fingerprint density at radius 2 is 2.00 bits per heavy atom. The van der Waals surface area contributed by atoms with Crippen LogP contribution in [-0.4, -0.2) is 28.7 Å². The molecule has 22 heavy (non-hydrogen) atoms. The normalized spacial score (nSPS) is 10.6. The second-order valence-corrected chi connectivity index (χ2v) is 4.52. The third-order valence-electron chi connectivity index (χ3n) is 2.36. The van der Waals surface area contributed by atoms with Crippen molar-refractivity contribution < 1.29 is 9.53 Å². The van der Waals surface area contributed by atoms with Gasteiger partial charge in [0.2, 0.25) is 0 Å². The summed E-state index contributed by atoms with van der Waals surface area (Å²) in [5.41, 5.74) is 1.13. The summed E-state index contributed by atoms with van der Waals surface area (Å²) >= 11 is 5.72. The third kappa shape index (κ3) is 4.91. The van der Waals surface area contributed by atoms with E-state index in [2.05, 4.69) is 15.5 Å². The van der Waals surface area contributed by atoms with Gasteiger partial charge in [0, 0.05) is 11.1 Å². The number of hydrogen-bond acceptors (Lipinski definition) is 5. The van der Waals surface area contributed by atoms with Crippen LogP contribution in [0.4, 0.5) is 0 Å². The molecule has 0 unspecified atom stereocenters. The van der Waals surface area contributed by atoms with Crippen molar-refractivity contribution in [2.24, 2.45) is 5.10 Å². The molecule has 1 aromatic carbocycles. The highest BCUT2D eigenvalue weighted by molar-refractivity contribution is 6.30. The molecule has 0 saturated heterocycles. The molecule has 1 heterocycles. The van der Waals surface area contributed by atoms with Gasteiger partial charge in [-0.05, 0) is 24.3 Å². The van der Waals surface area contributed by atoms with Crippen LogP contribution < -0.4 is 21.4 Å². The number of aromatic nitrogens is 2. The molecule has 9 heteroatoms. The van der Waals surface area contributed by atoms with Gasteiger partial charge in [0.25, 0.3) is 11.5 Å². The maximum atomic E-state index is 11.5. The fraction of sp³-hybridized carbons (Fsp3) is 0.0769. The van der Waals surface area contributed by atoms with E-state index in [-0.39, 0.29) is 12.3 Å². The molecule has 1 aromatic heterocycles. The van der Waals surface area contributed by atoms with Gasteiger partial charge in [-0.1, -0.05) is 11.6 Å². The van der Waals surface area contributed by atoms with E-state index in [0.29, 0.717) is 10.8 Å². The molecule has 0 radical (unpaired) electrons. The van der Waals surface area contributed by atoms with Crippen LogP contribution in [0.5, 0.6) is 5.75 Å². The van der Waals surface area contributed by atoms with Gasteiger partial charge in [-0.15, -0.1) is 0 Å². The first-order valence-electron chi connectivity index (χ1n) is 6.07. The summed E-state index contributed by atoms with van der Waals surface area (Å²) in [6.45, 7) is -0.245. The van der Waals surface area contributed by atoms with Crippen molar-refractivity contribution in [1.82, 2.24) is 15.4 Å². The SMILES string of the molecule is O=C(COc1ccc(Cl)cc1)N/N=C/c1cc(=O)[nH]c(=O)[nH]1. The van der Waals surface area contributed by atoms with Crippen molar-refractivity contribution in [2.45, 2.75) is 0 Å². The minimum atomic E-state index is -0.661. The molecule has 0 aliphatic rings. The lowest BCUT2D eigenvalue weighted by atomic mass is 10.3. The summed E-state index contributed by atoms with van der Waals surface area (Å²) in [4.78, 5) is 37.9. The fourth-order valence-electron chi connectivity index (χ4n) is 1.44. The van der Waals surface area contributed by atoms with Crippen molar-refractivity contribution in [3.63, 3.8) is 0 Å². The van der Waals surface area contributed by atoms with E-state index in [1.54, 1.807) is 24.3 Å². The number of nitrogens with one attached hydrogen (secondary N) is 3. The summed E-state index contributed by atoms with van der Waals surface area (Å²) in [5, 5.41) is 4.16.